The minimum absolute atomic E-state index is 0.148. The topological polar surface area (TPSA) is 22.1 Å². The van der Waals surface area contributed by atoms with Crippen LogP contribution in [0, 0.1) is 5.82 Å². The number of halogens is 2. The first-order valence-corrected chi connectivity index (χ1v) is 6.46. The van der Waals surface area contributed by atoms with Gasteiger partial charge in [-0.15, -0.1) is 0 Å². The number of rotatable bonds is 2. The van der Waals surface area contributed by atoms with Gasteiger partial charge >= 0.3 is 0 Å². The fourth-order valence-corrected chi connectivity index (χ4v) is 2.44. The highest BCUT2D eigenvalue weighted by atomic mass is 35.5. The van der Waals surface area contributed by atoms with Crippen LogP contribution in [0.25, 0.3) is 22.0 Å². The monoisotopic (exact) mass is 287 g/mol. The molecular formula is C16H11ClFNO. The maximum Gasteiger partial charge on any atom is 0.143 e. The molecule has 0 aliphatic rings. The summed E-state index contributed by atoms with van der Waals surface area (Å²) in [5, 5.41) is 0.573. The third kappa shape index (κ3) is 2.10. The van der Waals surface area contributed by atoms with Crippen LogP contribution in [0.4, 0.5) is 4.39 Å². The zero-order valence-corrected chi connectivity index (χ0v) is 11.5. The normalized spacial score (nSPS) is 10.8. The summed E-state index contributed by atoms with van der Waals surface area (Å²) < 4.78 is 19.8. The number of pyridine rings is 1. The average Bonchev–Trinajstić information content (AvgIpc) is 2.47. The zero-order chi connectivity index (χ0) is 14.1. The van der Waals surface area contributed by atoms with E-state index in [0.29, 0.717) is 27.8 Å². The summed E-state index contributed by atoms with van der Waals surface area (Å²) in [7, 11) is 1.55. The van der Waals surface area contributed by atoms with Gasteiger partial charge < -0.3 is 4.74 Å². The van der Waals surface area contributed by atoms with Crippen LogP contribution in [0.1, 0.15) is 0 Å². The Bertz CT molecular complexity index is 774. The van der Waals surface area contributed by atoms with Crippen LogP contribution in [-0.4, -0.2) is 12.1 Å². The van der Waals surface area contributed by atoms with Crippen molar-refractivity contribution in [3.8, 4) is 16.9 Å². The number of ether oxygens (including phenoxy) is 1. The number of hydrogen-bond acceptors (Lipinski definition) is 2. The first-order chi connectivity index (χ1) is 9.70. The summed E-state index contributed by atoms with van der Waals surface area (Å²) in [5.41, 5.74) is 1.51. The van der Waals surface area contributed by atoms with Crippen LogP contribution in [0.2, 0.25) is 5.15 Å². The highest BCUT2D eigenvalue weighted by molar-refractivity contribution is 6.32. The van der Waals surface area contributed by atoms with E-state index in [4.69, 9.17) is 16.3 Å². The van der Waals surface area contributed by atoms with Crippen molar-refractivity contribution in [2.75, 3.05) is 7.11 Å². The first-order valence-electron chi connectivity index (χ1n) is 6.09. The van der Waals surface area contributed by atoms with Gasteiger partial charge in [-0.25, -0.2) is 9.37 Å². The largest absolute Gasteiger partial charge is 0.497 e. The molecule has 1 aromatic heterocycles. The Morgan fingerprint density at radius 2 is 1.85 bits per heavy atom. The molecule has 2 nitrogen and oxygen atoms in total. The van der Waals surface area contributed by atoms with Crippen LogP contribution in [0.15, 0.2) is 48.5 Å². The number of nitrogens with zero attached hydrogens (tertiary/aromatic N) is 1. The van der Waals surface area contributed by atoms with Gasteiger partial charge in [-0.05, 0) is 17.7 Å². The zero-order valence-electron chi connectivity index (χ0n) is 10.7. The van der Waals surface area contributed by atoms with Crippen molar-refractivity contribution in [2.45, 2.75) is 0 Å². The average molecular weight is 288 g/mol. The van der Waals surface area contributed by atoms with Crippen LogP contribution < -0.4 is 4.74 Å². The van der Waals surface area contributed by atoms with Gasteiger partial charge in [0.2, 0.25) is 0 Å². The van der Waals surface area contributed by atoms with E-state index >= 15 is 0 Å². The molecule has 1 heterocycles. The fraction of sp³-hybridized carbons (Fsp3) is 0.0625. The van der Waals surface area contributed by atoms with Crippen molar-refractivity contribution in [3.63, 3.8) is 0 Å². The third-order valence-electron chi connectivity index (χ3n) is 3.15. The quantitative estimate of drug-likeness (QED) is 0.637. The van der Waals surface area contributed by atoms with E-state index in [2.05, 4.69) is 4.98 Å². The summed E-state index contributed by atoms with van der Waals surface area (Å²) in [6.45, 7) is 0. The van der Waals surface area contributed by atoms with Crippen molar-refractivity contribution in [1.29, 1.82) is 0 Å². The van der Waals surface area contributed by atoms with E-state index < -0.39 is 0 Å². The second-order valence-electron chi connectivity index (χ2n) is 4.34. The molecule has 3 rings (SSSR count). The molecule has 0 radical (unpaired) electrons. The number of hydrogen-bond donors (Lipinski definition) is 0. The molecular weight excluding hydrogens is 277 g/mol. The lowest BCUT2D eigenvalue weighted by Crippen LogP contribution is -1.93. The second-order valence-corrected chi connectivity index (χ2v) is 4.70. The molecule has 0 atom stereocenters. The summed E-state index contributed by atoms with van der Waals surface area (Å²) in [4.78, 5) is 4.27. The van der Waals surface area contributed by atoms with E-state index in [-0.39, 0.29) is 11.0 Å². The highest BCUT2D eigenvalue weighted by Crippen LogP contribution is 2.34. The molecule has 2 aromatic carbocycles. The van der Waals surface area contributed by atoms with Crippen LogP contribution in [0.5, 0.6) is 5.75 Å². The second kappa shape index (κ2) is 5.10. The van der Waals surface area contributed by atoms with Crippen LogP contribution in [0.3, 0.4) is 0 Å². The van der Waals surface area contributed by atoms with E-state index in [9.17, 15) is 4.39 Å². The van der Waals surface area contributed by atoms with Crippen molar-refractivity contribution in [2.24, 2.45) is 0 Å². The number of benzene rings is 2. The van der Waals surface area contributed by atoms with E-state index in [0.717, 1.165) is 0 Å². The molecule has 20 heavy (non-hydrogen) atoms. The summed E-state index contributed by atoms with van der Waals surface area (Å²) in [6, 6.07) is 14.2. The molecule has 0 N–H and O–H groups in total. The molecule has 0 amide bonds. The maximum absolute atomic E-state index is 14.7. The molecule has 100 valence electrons. The molecule has 4 heteroatoms. The molecule has 0 fully saturated rings. The Morgan fingerprint density at radius 3 is 2.55 bits per heavy atom. The minimum atomic E-state index is -0.367. The highest BCUT2D eigenvalue weighted by Gasteiger charge is 2.15. The Labute approximate surface area is 120 Å². The molecule has 0 unspecified atom stereocenters. The summed E-state index contributed by atoms with van der Waals surface area (Å²) in [6.07, 6.45) is 0. The lowest BCUT2D eigenvalue weighted by atomic mass is 10.0. The smallest absolute Gasteiger partial charge is 0.143 e. The number of aromatic nitrogens is 1. The molecule has 0 bridgehead atoms. The molecule has 0 saturated heterocycles. The van der Waals surface area contributed by atoms with Crippen molar-refractivity contribution < 1.29 is 9.13 Å². The standard InChI is InChI=1S/C16H11ClFNO/c1-20-11-7-8-12-13(9-11)19-16(17)14(15(12)18)10-5-3-2-4-6-10/h2-9H,1H3. The van der Waals surface area contributed by atoms with Gasteiger partial charge in [0.1, 0.15) is 16.7 Å². The van der Waals surface area contributed by atoms with E-state index in [1.165, 1.54) is 0 Å². The SMILES string of the molecule is COc1ccc2c(F)c(-c3ccccc3)c(Cl)nc2c1. The predicted molar refractivity (Wildman–Crippen MR) is 78.7 cm³/mol. The number of fused-ring (bicyclic) bond motifs is 1. The summed E-state index contributed by atoms with van der Waals surface area (Å²) in [5.74, 6) is 0.252. The summed E-state index contributed by atoms with van der Waals surface area (Å²) >= 11 is 6.15. The van der Waals surface area contributed by atoms with Gasteiger partial charge in [-0.1, -0.05) is 41.9 Å². The van der Waals surface area contributed by atoms with Crippen molar-refractivity contribution in [3.05, 3.63) is 59.5 Å². The third-order valence-corrected chi connectivity index (χ3v) is 3.42. The lowest BCUT2D eigenvalue weighted by molar-refractivity contribution is 0.415. The van der Waals surface area contributed by atoms with Gasteiger partial charge in [0.15, 0.2) is 0 Å². The first kappa shape index (κ1) is 12.9. The minimum Gasteiger partial charge on any atom is -0.497 e. The maximum atomic E-state index is 14.7. The van der Waals surface area contributed by atoms with Gasteiger partial charge in [0.25, 0.3) is 0 Å². The Morgan fingerprint density at radius 1 is 1.10 bits per heavy atom. The van der Waals surface area contributed by atoms with E-state index in [1.54, 1.807) is 37.4 Å². The predicted octanol–water partition coefficient (Wildman–Crippen LogP) is 4.70. The molecule has 0 saturated carbocycles. The van der Waals surface area contributed by atoms with Gasteiger partial charge in [-0.3, -0.25) is 0 Å². The van der Waals surface area contributed by atoms with Gasteiger partial charge in [0, 0.05) is 11.5 Å². The Balaban J connectivity index is 2.30. The van der Waals surface area contributed by atoms with Crippen LogP contribution >= 0.6 is 11.6 Å². The van der Waals surface area contributed by atoms with Crippen LogP contribution in [-0.2, 0) is 0 Å². The van der Waals surface area contributed by atoms with Gasteiger partial charge in [-0.2, -0.15) is 0 Å². The Kier molecular flexibility index (Phi) is 3.28. The molecule has 0 aliphatic heterocycles. The van der Waals surface area contributed by atoms with Crippen molar-refractivity contribution >= 4 is 22.5 Å². The molecule has 0 aliphatic carbocycles. The molecule has 3 aromatic rings. The van der Waals surface area contributed by atoms with Crippen molar-refractivity contribution in [1.82, 2.24) is 4.98 Å². The number of methoxy groups -OCH3 is 1. The lowest BCUT2D eigenvalue weighted by Gasteiger charge is -2.09. The fourth-order valence-electron chi connectivity index (χ4n) is 2.15. The van der Waals surface area contributed by atoms with E-state index in [1.807, 2.05) is 18.2 Å². The van der Waals surface area contributed by atoms with Gasteiger partial charge in [0.05, 0.1) is 18.2 Å². The molecule has 0 spiro atoms. The Hall–Kier alpha value is -2.13.